The number of ether oxygens (including phenoxy) is 1. The smallest absolute Gasteiger partial charge is 0.335 e. The van der Waals surface area contributed by atoms with E-state index in [0.717, 1.165) is 21.3 Å². The maximum atomic E-state index is 13.5. The van der Waals surface area contributed by atoms with E-state index in [1.54, 1.807) is 47.6 Å². The molecule has 0 atom stereocenters. The van der Waals surface area contributed by atoms with E-state index in [2.05, 4.69) is 15.9 Å². The Balaban J connectivity index is 1.43. The first-order valence-electron chi connectivity index (χ1n) is 11.6. The second-order valence-electron chi connectivity index (χ2n) is 8.28. The topological polar surface area (TPSA) is 92.3 Å². The number of benzene rings is 3. The molecule has 190 valence electrons. The number of carbonyl (C=O) groups is 2. The summed E-state index contributed by atoms with van der Waals surface area (Å²) in [7, 11) is 0. The summed E-state index contributed by atoms with van der Waals surface area (Å²) in [4.78, 5) is 31.4. The normalized spacial score (nSPS) is 15.4. The average molecular weight is 589 g/mol. The average Bonchev–Trinajstić information content (AvgIpc) is 3.53. The van der Waals surface area contributed by atoms with Crippen molar-refractivity contribution in [1.29, 1.82) is 0 Å². The number of para-hydroxylation sites is 1. The van der Waals surface area contributed by atoms with E-state index in [0.29, 0.717) is 21.6 Å². The van der Waals surface area contributed by atoms with Gasteiger partial charge in [-0.15, -0.1) is 0 Å². The Morgan fingerprint density at radius 1 is 1.05 bits per heavy atom. The van der Waals surface area contributed by atoms with E-state index in [9.17, 15) is 9.59 Å². The monoisotopic (exact) mass is 588 g/mol. The molecular formula is C29H21BrN2O5S. The molecule has 2 heterocycles. The standard InChI is InChI=1S/C29H21BrN2O5S/c30-22-12-13-25(37-18-19-8-10-20(11-9-19)28(34)35)21(15-22)16-26-27(33)32(17-24-7-4-14-36-24)29(38-26)31-23-5-2-1-3-6-23/h1-16H,17-18H2,(H,34,35). The summed E-state index contributed by atoms with van der Waals surface area (Å²) >= 11 is 4.80. The molecule has 0 radical (unpaired) electrons. The molecule has 9 heteroatoms. The summed E-state index contributed by atoms with van der Waals surface area (Å²) in [6, 6.07) is 25.2. The predicted molar refractivity (Wildman–Crippen MR) is 150 cm³/mol. The van der Waals surface area contributed by atoms with Crippen LogP contribution < -0.4 is 4.74 Å². The fourth-order valence-corrected chi connectivity index (χ4v) is 5.08. The number of amidine groups is 1. The summed E-state index contributed by atoms with van der Waals surface area (Å²) < 4.78 is 12.4. The minimum Gasteiger partial charge on any atom is -0.488 e. The van der Waals surface area contributed by atoms with Crippen LogP contribution in [0.25, 0.3) is 6.08 Å². The molecule has 5 rings (SSSR count). The Bertz CT molecular complexity index is 1520. The predicted octanol–water partition coefficient (Wildman–Crippen LogP) is 7.12. The van der Waals surface area contributed by atoms with Crippen LogP contribution in [0.15, 0.2) is 110 Å². The van der Waals surface area contributed by atoms with Crippen molar-refractivity contribution in [3.8, 4) is 5.75 Å². The van der Waals surface area contributed by atoms with Gasteiger partial charge in [-0.05, 0) is 78.0 Å². The first kappa shape index (κ1) is 25.6. The van der Waals surface area contributed by atoms with Crippen molar-refractivity contribution in [3.63, 3.8) is 0 Å². The fourth-order valence-electron chi connectivity index (χ4n) is 3.71. The molecule has 0 saturated carbocycles. The molecule has 1 saturated heterocycles. The van der Waals surface area contributed by atoms with Crippen LogP contribution in [0.5, 0.6) is 5.75 Å². The number of furan rings is 1. The number of aliphatic imine (C=N–C) groups is 1. The Morgan fingerprint density at radius 2 is 1.84 bits per heavy atom. The van der Waals surface area contributed by atoms with Gasteiger partial charge in [-0.3, -0.25) is 9.69 Å². The van der Waals surface area contributed by atoms with Gasteiger partial charge < -0.3 is 14.3 Å². The quantitative estimate of drug-likeness (QED) is 0.220. The van der Waals surface area contributed by atoms with Crippen molar-refractivity contribution >= 4 is 56.5 Å². The van der Waals surface area contributed by atoms with Crippen molar-refractivity contribution in [1.82, 2.24) is 4.90 Å². The van der Waals surface area contributed by atoms with Crippen LogP contribution in [-0.4, -0.2) is 27.1 Å². The Morgan fingerprint density at radius 3 is 2.55 bits per heavy atom. The van der Waals surface area contributed by atoms with Gasteiger partial charge in [0.25, 0.3) is 5.91 Å². The molecular weight excluding hydrogens is 568 g/mol. The molecule has 1 aliphatic rings. The Kier molecular flexibility index (Phi) is 7.76. The highest BCUT2D eigenvalue weighted by Gasteiger charge is 2.34. The van der Waals surface area contributed by atoms with Crippen LogP contribution in [0.1, 0.15) is 27.2 Å². The van der Waals surface area contributed by atoms with Crippen molar-refractivity contribution < 1.29 is 23.8 Å². The number of nitrogens with zero attached hydrogens (tertiary/aromatic N) is 2. The van der Waals surface area contributed by atoms with E-state index in [-0.39, 0.29) is 24.6 Å². The Labute approximate surface area is 231 Å². The summed E-state index contributed by atoms with van der Waals surface area (Å²) in [6.07, 6.45) is 3.37. The lowest BCUT2D eigenvalue weighted by Crippen LogP contribution is -2.28. The van der Waals surface area contributed by atoms with Crippen LogP contribution in [0, 0.1) is 0 Å². The first-order valence-corrected chi connectivity index (χ1v) is 13.2. The van der Waals surface area contributed by atoms with Crippen LogP contribution in [0.3, 0.4) is 0 Å². The lowest BCUT2D eigenvalue weighted by atomic mass is 10.1. The summed E-state index contributed by atoms with van der Waals surface area (Å²) in [5.41, 5.74) is 2.50. The third-order valence-electron chi connectivity index (χ3n) is 5.62. The molecule has 7 nitrogen and oxygen atoms in total. The van der Waals surface area contributed by atoms with Crippen molar-refractivity contribution in [2.75, 3.05) is 0 Å². The fraction of sp³-hybridized carbons (Fsp3) is 0.0690. The van der Waals surface area contributed by atoms with Crippen LogP contribution in [0.4, 0.5) is 5.69 Å². The number of amides is 1. The van der Waals surface area contributed by atoms with Gasteiger partial charge in [0.1, 0.15) is 18.1 Å². The van der Waals surface area contributed by atoms with Crippen molar-refractivity contribution in [3.05, 3.63) is 123 Å². The van der Waals surface area contributed by atoms with E-state index in [4.69, 9.17) is 19.3 Å². The molecule has 3 aromatic carbocycles. The van der Waals surface area contributed by atoms with Gasteiger partial charge in [-0.2, -0.15) is 0 Å². The summed E-state index contributed by atoms with van der Waals surface area (Å²) in [6.45, 7) is 0.500. The second-order valence-corrected chi connectivity index (χ2v) is 10.2. The summed E-state index contributed by atoms with van der Waals surface area (Å²) in [5.74, 6) is 0.0781. The number of hydrogen-bond donors (Lipinski definition) is 1. The van der Waals surface area contributed by atoms with Gasteiger partial charge in [0.2, 0.25) is 0 Å². The van der Waals surface area contributed by atoms with Gasteiger partial charge in [0.15, 0.2) is 5.17 Å². The molecule has 1 N–H and O–H groups in total. The zero-order chi connectivity index (χ0) is 26.5. The third kappa shape index (κ3) is 6.07. The minimum atomic E-state index is -0.978. The number of rotatable bonds is 8. The van der Waals surface area contributed by atoms with E-state index >= 15 is 0 Å². The number of hydrogen-bond acceptors (Lipinski definition) is 6. The number of halogens is 1. The number of carboxylic acids is 1. The molecule has 1 aromatic heterocycles. The second kappa shape index (κ2) is 11.5. The number of carboxylic acid groups (broad SMARTS) is 1. The Hall–Kier alpha value is -4.08. The molecule has 0 unspecified atom stereocenters. The molecule has 38 heavy (non-hydrogen) atoms. The molecule has 0 bridgehead atoms. The van der Waals surface area contributed by atoms with Crippen LogP contribution in [-0.2, 0) is 17.9 Å². The molecule has 0 aliphatic carbocycles. The van der Waals surface area contributed by atoms with Gasteiger partial charge in [-0.1, -0.05) is 46.3 Å². The maximum absolute atomic E-state index is 13.5. The number of aromatic carboxylic acids is 1. The minimum absolute atomic E-state index is 0.184. The highest BCUT2D eigenvalue weighted by Crippen LogP contribution is 2.37. The lowest BCUT2D eigenvalue weighted by molar-refractivity contribution is -0.122. The highest BCUT2D eigenvalue weighted by atomic mass is 79.9. The number of thioether (sulfide) groups is 1. The van der Waals surface area contributed by atoms with E-state index < -0.39 is 5.97 Å². The maximum Gasteiger partial charge on any atom is 0.335 e. The zero-order valence-electron chi connectivity index (χ0n) is 19.9. The SMILES string of the molecule is O=C(O)c1ccc(COc2ccc(Br)cc2C=C2SC(=Nc3ccccc3)N(Cc3ccco3)C2=O)cc1. The largest absolute Gasteiger partial charge is 0.488 e. The molecule has 1 amide bonds. The number of carbonyl (C=O) groups excluding carboxylic acids is 1. The van der Waals surface area contributed by atoms with Gasteiger partial charge in [0.05, 0.1) is 29.0 Å². The van der Waals surface area contributed by atoms with E-state index in [1.165, 1.54) is 11.8 Å². The van der Waals surface area contributed by atoms with Gasteiger partial charge in [-0.25, -0.2) is 9.79 Å². The van der Waals surface area contributed by atoms with Crippen LogP contribution in [0.2, 0.25) is 0 Å². The summed E-state index contributed by atoms with van der Waals surface area (Å²) in [5, 5.41) is 9.66. The van der Waals surface area contributed by atoms with E-state index in [1.807, 2.05) is 54.6 Å². The lowest BCUT2D eigenvalue weighted by Gasteiger charge is -2.14. The highest BCUT2D eigenvalue weighted by molar-refractivity contribution is 9.10. The first-order chi connectivity index (χ1) is 18.5. The van der Waals surface area contributed by atoms with Crippen LogP contribution >= 0.6 is 27.7 Å². The molecule has 4 aromatic rings. The van der Waals surface area contributed by atoms with Crippen molar-refractivity contribution in [2.45, 2.75) is 13.2 Å². The van der Waals surface area contributed by atoms with Crippen molar-refractivity contribution in [2.24, 2.45) is 4.99 Å². The van der Waals surface area contributed by atoms with Gasteiger partial charge >= 0.3 is 5.97 Å². The van der Waals surface area contributed by atoms with Gasteiger partial charge in [0, 0.05) is 10.0 Å². The molecule has 1 fully saturated rings. The third-order valence-corrected chi connectivity index (χ3v) is 7.12. The zero-order valence-corrected chi connectivity index (χ0v) is 22.3. The molecule has 1 aliphatic heterocycles. The molecule has 0 spiro atoms.